The molecule has 0 spiro atoms. The van der Waals surface area contributed by atoms with Crippen molar-refractivity contribution in [3.63, 3.8) is 0 Å². The molecule has 2 amide bonds. The molecule has 0 saturated carbocycles. The van der Waals surface area contributed by atoms with Gasteiger partial charge in [-0.1, -0.05) is 6.92 Å². The molecule has 20 heavy (non-hydrogen) atoms. The molecule has 5 nitrogen and oxygen atoms in total. The van der Waals surface area contributed by atoms with Crippen LogP contribution in [0.25, 0.3) is 0 Å². The first-order valence-electron chi connectivity index (χ1n) is 7.21. The highest BCUT2D eigenvalue weighted by atomic mass is 16.2. The summed E-state index contributed by atoms with van der Waals surface area (Å²) in [6.45, 7) is 8.54. The number of amides is 2. The molecule has 1 aliphatic rings. The predicted molar refractivity (Wildman–Crippen MR) is 80.3 cm³/mol. The Hall–Kier alpha value is -1.10. The highest BCUT2D eigenvalue weighted by Gasteiger charge is 2.46. The number of carbonyl (C=O) groups excluding carboxylic acids is 2. The molecule has 0 bridgehead atoms. The van der Waals surface area contributed by atoms with Crippen LogP contribution in [0.15, 0.2) is 0 Å². The average molecular weight is 283 g/mol. The molecule has 0 N–H and O–H groups in total. The fourth-order valence-electron chi connectivity index (χ4n) is 2.82. The number of hydrogen-bond acceptors (Lipinski definition) is 3. The van der Waals surface area contributed by atoms with Crippen LogP contribution in [0, 0.1) is 5.92 Å². The molecule has 3 atom stereocenters. The maximum absolute atomic E-state index is 12.7. The zero-order valence-corrected chi connectivity index (χ0v) is 14.1. The van der Waals surface area contributed by atoms with Crippen LogP contribution in [-0.2, 0) is 9.59 Å². The van der Waals surface area contributed by atoms with E-state index < -0.39 is 6.04 Å². The number of likely N-dealkylation sites (N-methyl/N-ethyl adjacent to an activating group) is 2. The number of nitrogens with zero attached hydrogens (tertiary/aromatic N) is 3. The minimum absolute atomic E-state index is 0.0124. The number of carbonyl (C=O) groups is 2. The molecule has 0 aliphatic carbocycles. The summed E-state index contributed by atoms with van der Waals surface area (Å²) in [7, 11) is 7.24. The Balaban J connectivity index is 3.14. The monoisotopic (exact) mass is 283 g/mol. The van der Waals surface area contributed by atoms with Crippen molar-refractivity contribution in [2.45, 2.75) is 51.7 Å². The Labute approximate surface area is 122 Å². The van der Waals surface area contributed by atoms with Crippen LogP contribution in [0.4, 0.5) is 0 Å². The quantitative estimate of drug-likeness (QED) is 0.760. The van der Waals surface area contributed by atoms with E-state index in [2.05, 4.69) is 32.6 Å². The summed E-state index contributed by atoms with van der Waals surface area (Å²) in [5.74, 6) is 0.343. The summed E-state index contributed by atoms with van der Waals surface area (Å²) >= 11 is 0. The van der Waals surface area contributed by atoms with Gasteiger partial charge in [-0.25, -0.2) is 0 Å². The van der Waals surface area contributed by atoms with E-state index >= 15 is 0 Å². The Morgan fingerprint density at radius 3 is 2.20 bits per heavy atom. The van der Waals surface area contributed by atoms with Gasteiger partial charge in [-0.05, 0) is 33.7 Å². The highest BCUT2D eigenvalue weighted by molar-refractivity contribution is 5.88. The van der Waals surface area contributed by atoms with Gasteiger partial charge in [0.05, 0.1) is 12.5 Å². The van der Waals surface area contributed by atoms with Crippen molar-refractivity contribution in [2.75, 3.05) is 28.2 Å². The molecule has 0 radical (unpaired) electrons. The van der Waals surface area contributed by atoms with E-state index in [0.29, 0.717) is 5.92 Å². The molecule has 5 heteroatoms. The van der Waals surface area contributed by atoms with E-state index in [1.807, 2.05) is 14.1 Å². The molecule has 1 fully saturated rings. The van der Waals surface area contributed by atoms with Gasteiger partial charge in [0.15, 0.2) is 0 Å². The van der Waals surface area contributed by atoms with E-state index in [1.54, 1.807) is 23.9 Å². The number of hydrogen-bond donors (Lipinski definition) is 0. The summed E-state index contributed by atoms with van der Waals surface area (Å²) in [5.41, 5.74) is -0.142. The van der Waals surface area contributed by atoms with Crippen LogP contribution in [0.5, 0.6) is 0 Å². The SMILES string of the molecule is CC1C(C)C(C)(C)N(C)C(CC(=O)N(C)C)C(=O)N1C. The van der Waals surface area contributed by atoms with Gasteiger partial charge in [-0.3, -0.25) is 14.5 Å². The molecule has 1 rings (SSSR count). The lowest BCUT2D eigenvalue weighted by Crippen LogP contribution is -2.53. The normalized spacial score (nSPS) is 31.1. The van der Waals surface area contributed by atoms with E-state index in [4.69, 9.17) is 0 Å². The summed E-state index contributed by atoms with van der Waals surface area (Å²) in [5, 5.41) is 0. The van der Waals surface area contributed by atoms with Crippen molar-refractivity contribution < 1.29 is 9.59 Å². The summed E-state index contributed by atoms with van der Waals surface area (Å²) in [6.07, 6.45) is 0.232. The zero-order valence-electron chi connectivity index (χ0n) is 14.1. The standard InChI is InChI=1S/C15H29N3O2/c1-10-11(2)17(7)14(20)12(9-13(19)16(5)6)18(8)15(10,3)4/h10-12H,9H2,1-8H3. The van der Waals surface area contributed by atoms with E-state index in [-0.39, 0.29) is 29.8 Å². The van der Waals surface area contributed by atoms with Crippen molar-refractivity contribution in [1.29, 1.82) is 0 Å². The summed E-state index contributed by atoms with van der Waals surface area (Å²) in [4.78, 5) is 30.1. The fraction of sp³-hybridized carbons (Fsp3) is 0.867. The molecule has 1 aliphatic heterocycles. The van der Waals surface area contributed by atoms with Gasteiger partial charge in [0.25, 0.3) is 0 Å². The largest absolute Gasteiger partial charge is 0.349 e. The summed E-state index contributed by atoms with van der Waals surface area (Å²) in [6, 6.07) is -0.239. The van der Waals surface area contributed by atoms with Gasteiger partial charge in [0, 0.05) is 32.7 Å². The van der Waals surface area contributed by atoms with Gasteiger partial charge in [0.2, 0.25) is 11.8 Å². The first-order valence-corrected chi connectivity index (χ1v) is 7.21. The van der Waals surface area contributed by atoms with Crippen molar-refractivity contribution in [3.05, 3.63) is 0 Å². The van der Waals surface area contributed by atoms with Crippen molar-refractivity contribution in [3.8, 4) is 0 Å². The van der Waals surface area contributed by atoms with E-state index in [9.17, 15) is 9.59 Å². The molecule has 1 heterocycles. The second kappa shape index (κ2) is 5.72. The first kappa shape index (κ1) is 17.0. The Morgan fingerprint density at radius 2 is 1.75 bits per heavy atom. The van der Waals surface area contributed by atoms with Crippen molar-refractivity contribution in [2.24, 2.45) is 5.92 Å². The lowest BCUT2D eigenvalue weighted by molar-refractivity contribution is -0.141. The minimum Gasteiger partial charge on any atom is -0.349 e. The average Bonchev–Trinajstić information content (AvgIpc) is 2.42. The van der Waals surface area contributed by atoms with Gasteiger partial charge >= 0.3 is 0 Å². The van der Waals surface area contributed by atoms with Gasteiger partial charge in [-0.2, -0.15) is 0 Å². The third kappa shape index (κ3) is 2.82. The van der Waals surface area contributed by atoms with E-state index in [0.717, 1.165) is 0 Å². The second-order valence-electron chi connectivity index (χ2n) is 6.75. The Bertz CT molecular complexity index is 393. The third-order valence-corrected chi connectivity index (χ3v) is 5.32. The lowest BCUT2D eigenvalue weighted by atomic mass is 9.82. The molecule has 3 unspecified atom stereocenters. The topological polar surface area (TPSA) is 43.9 Å². The van der Waals surface area contributed by atoms with Crippen LogP contribution in [0.3, 0.4) is 0 Å². The van der Waals surface area contributed by atoms with Crippen LogP contribution in [0.2, 0.25) is 0 Å². The molecule has 0 aromatic heterocycles. The van der Waals surface area contributed by atoms with E-state index in [1.165, 1.54) is 0 Å². The maximum atomic E-state index is 12.7. The Kier molecular flexibility index (Phi) is 4.85. The predicted octanol–water partition coefficient (Wildman–Crippen LogP) is 1.04. The molecule has 116 valence electrons. The molecule has 1 saturated heterocycles. The van der Waals surface area contributed by atoms with Crippen LogP contribution in [0.1, 0.15) is 34.1 Å². The molecule has 0 aromatic carbocycles. The highest BCUT2D eigenvalue weighted by Crippen LogP contribution is 2.34. The molecule has 0 aromatic rings. The first-order chi connectivity index (χ1) is 9.01. The van der Waals surface area contributed by atoms with Gasteiger partial charge in [-0.15, -0.1) is 0 Å². The van der Waals surface area contributed by atoms with Crippen LogP contribution in [-0.4, -0.2) is 72.3 Å². The molecular formula is C15H29N3O2. The number of rotatable bonds is 2. The maximum Gasteiger partial charge on any atom is 0.240 e. The minimum atomic E-state index is -0.391. The van der Waals surface area contributed by atoms with Gasteiger partial charge in [0.1, 0.15) is 0 Å². The summed E-state index contributed by atoms with van der Waals surface area (Å²) < 4.78 is 0. The van der Waals surface area contributed by atoms with Gasteiger partial charge < -0.3 is 9.80 Å². The van der Waals surface area contributed by atoms with Crippen LogP contribution >= 0.6 is 0 Å². The zero-order chi connectivity index (χ0) is 15.8. The third-order valence-electron chi connectivity index (χ3n) is 5.32. The fourth-order valence-corrected chi connectivity index (χ4v) is 2.82. The molecular weight excluding hydrogens is 254 g/mol. The lowest BCUT2D eigenvalue weighted by Gasteiger charge is -2.42. The second-order valence-corrected chi connectivity index (χ2v) is 6.75. The van der Waals surface area contributed by atoms with Crippen molar-refractivity contribution >= 4 is 11.8 Å². The Morgan fingerprint density at radius 1 is 1.25 bits per heavy atom. The van der Waals surface area contributed by atoms with Crippen LogP contribution < -0.4 is 0 Å². The smallest absolute Gasteiger partial charge is 0.240 e. The van der Waals surface area contributed by atoms with Crippen molar-refractivity contribution in [1.82, 2.24) is 14.7 Å².